The molecule has 1 atom stereocenters. The smallest absolute Gasteiger partial charge is 0.310 e. The molecule has 1 aromatic heterocycles. The molecule has 3 amide bonds. The number of anilines is 1. The summed E-state index contributed by atoms with van der Waals surface area (Å²) in [5.74, 6) is -1.93. The van der Waals surface area contributed by atoms with Gasteiger partial charge in [-0.1, -0.05) is 24.3 Å². The number of pyridine rings is 1. The van der Waals surface area contributed by atoms with Crippen molar-refractivity contribution in [1.29, 1.82) is 0 Å². The van der Waals surface area contributed by atoms with Gasteiger partial charge in [-0.2, -0.15) is 0 Å². The number of rotatable bonds is 3. The predicted molar refractivity (Wildman–Crippen MR) is 86.8 cm³/mol. The summed E-state index contributed by atoms with van der Waals surface area (Å²) < 4.78 is 0. The van der Waals surface area contributed by atoms with Crippen molar-refractivity contribution in [3.63, 3.8) is 0 Å². The van der Waals surface area contributed by atoms with Gasteiger partial charge in [0.05, 0.1) is 12.2 Å². The Hall–Kier alpha value is -3.22. The molecule has 0 saturated heterocycles. The first-order valence-corrected chi connectivity index (χ1v) is 7.43. The van der Waals surface area contributed by atoms with E-state index in [9.17, 15) is 14.4 Å². The van der Waals surface area contributed by atoms with Gasteiger partial charge in [0, 0.05) is 24.5 Å². The predicted octanol–water partition coefficient (Wildman–Crippen LogP) is 0.532. The quantitative estimate of drug-likeness (QED) is 0.806. The molecule has 2 N–H and O–H groups in total. The van der Waals surface area contributed by atoms with Crippen molar-refractivity contribution in [3.8, 4) is 0 Å². The molecule has 24 heavy (non-hydrogen) atoms. The first-order valence-electron chi connectivity index (χ1n) is 7.43. The van der Waals surface area contributed by atoms with E-state index in [1.165, 1.54) is 4.90 Å². The number of carbonyl (C=O) groups excluding carboxylic acids is 3. The maximum atomic E-state index is 12.3. The second-order valence-electron chi connectivity index (χ2n) is 5.37. The minimum absolute atomic E-state index is 0.141. The number of likely N-dealkylation sites (N-methyl/N-ethyl adjacent to an activating group) is 1. The summed E-state index contributed by atoms with van der Waals surface area (Å²) in [5.41, 5.74) is 2.04. The van der Waals surface area contributed by atoms with E-state index in [1.54, 1.807) is 49.6 Å². The molecule has 122 valence electrons. The topological polar surface area (TPSA) is 91.4 Å². The monoisotopic (exact) mass is 324 g/mol. The molecule has 0 spiro atoms. The van der Waals surface area contributed by atoms with Crippen molar-refractivity contribution in [2.24, 2.45) is 0 Å². The average molecular weight is 324 g/mol. The van der Waals surface area contributed by atoms with Crippen LogP contribution < -0.4 is 15.5 Å². The van der Waals surface area contributed by atoms with Crippen LogP contribution in [0.1, 0.15) is 17.3 Å². The van der Waals surface area contributed by atoms with Crippen molar-refractivity contribution < 1.29 is 14.4 Å². The molecule has 1 aromatic carbocycles. The van der Waals surface area contributed by atoms with Crippen LogP contribution in [-0.4, -0.2) is 29.8 Å². The zero-order chi connectivity index (χ0) is 17.1. The molecule has 1 aliphatic rings. The molecule has 0 fully saturated rings. The molecule has 0 saturated carbocycles. The highest BCUT2D eigenvalue weighted by Gasteiger charge is 2.36. The Balaban J connectivity index is 1.64. The summed E-state index contributed by atoms with van der Waals surface area (Å²) in [6.07, 6.45) is 1.60. The summed E-state index contributed by atoms with van der Waals surface area (Å²) in [4.78, 5) is 41.8. The van der Waals surface area contributed by atoms with Gasteiger partial charge in [0.1, 0.15) is 6.04 Å². The number of hydrogen-bond acceptors (Lipinski definition) is 4. The van der Waals surface area contributed by atoms with Gasteiger partial charge in [-0.3, -0.25) is 19.4 Å². The van der Waals surface area contributed by atoms with Crippen LogP contribution >= 0.6 is 0 Å². The van der Waals surface area contributed by atoms with E-state index in [0.29, 0.717) is 11.3 Å². The summed E-state index contributed by atoms with van der Waals surface area (Å²) in [5, 5.41) is 4.97. The lowest BCUT2D eigenvalue weighted by Crippen LogP contribution is -2.43. The molecular formula is C17H16N4O3. The molecule has 7 heteroatoms. The van der Waals surface area contributed by atoms with Gasteiger partial charge in [-0.25, -0.2) is 0 Å². The summed E-state index contributed by atoms with van der Waals surface area (Å²) >= 11 is 0. The van der Waals surface area contributed by atoms with E-state index in [1.807, 2.05) is 6.07 Å². The summed E-state index contributed by atoms with van der Waals surface area (Å²) in [6, 6.07) is 11.6. The highest BCUT2D eigenvalue weighted by atomic mass is 16.2. The second kappa shape index (κ2) is 6.49. The fraction of sp³-hybridized carbons (Fsp3) is 0.176. The summed E-state index contributed by atoms with van der Waals surface area (Å²) in [7, 11) is 1.63. The molecule has 0 radical (unpaired) electrons. The maximum Gasteiger partial charge on any atom is 0.310 e. The lowest BCUT2D eigenvalue weighted by molar-refractivity contribution is -0.140. The van der Waals surface area contributed by atoms with E-state index in [4.69, 9.17) is 0 Å². The Morgan fingerprint density at radius 1 is 1.12 bits per heavy atom. The molecular weight excluding hydrogens is 308 g/mol. The normalized spacial score (nSPS) is 15.8. The first-order chi connectivity index (χ1) is 11.6. The standard InChI is InChI=1S/C17H16N4O3/c1-21-13-8-3-2-7-12(13)14(17(21)24)20-16(23)15(22)19-10-11-6-4-5-9-18-11/h2-9,14H,10H2,1H3,(H,19,22)(H,20,23)/t14-/m0/s1. The number of amides is 3. The van der Waals surface area contributed by atoms with E-state index in [2.05, 4.69) is 15.6 Å². The minimum atomic E-state index is -0.852. The van der Waals surface area contributed by atoms with Crippen molar-refractivity contribution in [2.45, 2.75) is 12.6 Å². The van der Waals surface area contributed by atoms with Crippen LogP contribution in [0.3, 0.4) is 0 Å². The number of nitrogens with one attached hydrogen (secondary N) is 2. The van der Waals surface area contributed by atoms with Crippen molar-refractivity contribution in [3.05, 3.63) is 59.9 Å². The zero-order valence-electron chi connectivity index (χ0n) is 13.0. The Kier molecular flexibility index (Phi) is 4.24. The molecule has 2 heterocycles. The highest BCUT2D eigenvalue weighted by molar-refractivity contribution is 6.35. The average Bonchev–Trinajstić information content (AvgIpc) is 2.86. The van der Waals surface area contributed by atoms with Crippen LogP contribution in [0.15, 0.2) is 48.7 Å². The fourth-order valence-electron chi connectivity index (χ4n) is 2.57. The van der Waals surface area contributed by atoms with E-state index >= 15 is 0 Å². The van der Waals surface area contributed by atoms with Crippen LogP contribution in [0.4, 0.5) is 5.69 Å². The highest BCUT2D eigenvalue weighted by Crippen LogP contribution is 2.34. The van der Waals surface area contributed by atoms with Crippen LogP contribution in [0.25, 0.3) is 0 Å². The van der Waals surface area contributed by atoms with Gasteiger partial charge >= 0.3 is 11.8 Å². The van der Waals surface area contributed by atoms with Crippen molar-refractivity contribution >= 4 is 23.4 Å². The van der Waals surface area contributed by atoms with Crippen LogP contribution in [0.5, 0.6) is 0 Å². The molecule has 3 rings (SSSR count). The van der Waals surface area contributed by atoms with Gasteiger partial charge in [-0.15, -0.1) is 0 Å². The SMILES string of the molecule is CN1C(=O)[C@@H](NC(=O)C(=O)NCc2ccccn2)c2ccccc21. The zero-order valence-corrected chi connectivity index (χ0v) is 13.0. The van der Waals surface area contributed by atoms with Crippen molar-refractivity contribution in [1.82, 2.24) is 15.6 Å². The van der Waals surface area contributed by atoms with Crippen LogP contribution in [-0.2, 0) is 20.9 Å². The lowest BCUT2D eigenvalue weighted by atomic mass is 10.1. The van der Waals surface area contributed by atoms with E-state index < -0.39 is 17.9 Å². The van der Waals surface area contributed by atoms with Gasteiger partial charge < -0.3 is 15.5 Å². The number of aromatic nitrogens is 1. The third kappa shape index (κ3) is 2.96. The second-order valence-corrected chi connectivity index (χ2v) is 5.37. The minimum Gasteiger partial charge on any atom is -0.342 e. The Morgan fingerprint density at radius 3 is 2.62 bits per heavy atom. The van der Waals surface area contributed by atoms with Crippen molar-refractivity contribution in [2.75, 3.05) is 11.9 Å². The van der Waals surface area contributed by atoms with Crippen LogP contribution in [0.2, 0.25) is 0 Å². The molecule has 7 nitrogen and oxygen atoms in total. The van der Waals surface area contributed by atoms with Gasteiger partial charge in [0.2, 0.25) is 0 Å². The lowest BCUT2D eigenvalue weighted by Gasteiger charge is -2.13. The molecule has 2 aromatic rings. The Bertz CT molecular complexity index is 791. The van der Waals surface area contributed by atoms with E-state index in [0.717, 1.165) is 5.69 Å². The number of nitrogens with zero attached hydrogens (tertiary/aromatic N) is 2. The number of fused-ring (bicyclic) bond motifs is 1. The number of carbonyl (C=O) groups is 3. The molecule has 0 unspecified atom stereocenters. The molecule has 0 aliphatic carbocycles. The van der Waals surface area contributed by atoms with Crippen LogP contribution in [0, 0.1) is 0 Å². The van der Waals surface area contributed by atoms with Gasteiger partial charge in [0.15, 0.2) is 0 Å². The fourth-order valence-corrected chi connectivity index (χ4v) is 2.57. The van der Waals surface area contributed by atoms with Gasteiger partial charge in [0.25, 0.3) is 5.91 Å². The first kappa shape index (κ1) is 15.7. The number of benzene rings is 1. The molecule has 0 bridgehead atoms. The van der Waals surface area contributed by atoms with Gasteiger partial charge in [-0.05, 0) is 18.2 Å². The number of para-hydroxylation sites is 1. The third-order valence-electron chi connectivity index (χ3n) is 3.82. The Morgan fingerprint density at radius 2 is 1.88 bits per heavy atom. The summed E-state index contributed by atoms with van der Waals surface area (Å²) in [6.45, 7) is 0.141. The number of hydrogen-bond donors (Lipinski definition) is 2. The maximum absolute atomic E-state index is 12.3. The third-order valence-corrected chi connectivity index (χ3v) is 3.82. The largest absolute Gasteiger partial charge is 0.342 e. The van der Waals surface area contributed by atoms with E-state index in [-0.39, 0.29) is 12.5 Å². The Labute approximate surface area is 138 Å². The molecule has 1 aliphatic heterocycles.